The van der Waals surface area contributed by atoms with Crippen LogP contribution < -0.4 is 10.6 Å². The van der Waals surface area contributed by atoms with E-state index in [-0.39, 0.29) is 30.7 Å². The van der Waals surface area contributed by atoms with Gasteiger partial charge < -0.3 is 15.4 Å². The number of morpholine rings is 1. The fraction of sp³-hybridized carbons (Fsp3) is 0.588. The van der Waals surface area contributed by atoms with Crippen molar-refractivity contribution in [1.29, 1.82) is 0 Å². The lowest BCUT2D eigenvalue weighted by Gasteiger charge is -2.35. The second-order valence-corrected chi connectivity index (χ2v) is 6.37. The van der Waals surface area contributed by atoms with Crippen molar-refractivity contribution in [3.8, 4) is 0 Å². The summed E-state index contributed by atoms with van der Waals surface area (Å²) in [5, 5.41) is 5.43. The minimum absolute atomic E-state index is 0.00534. The molecule has 24 heavy (non-hydrogen) atoms. The van der Waals surface area contributed by atoms with E-state index in [2.05, 4.69) is 15.5 Å². The number of urea groups is 1. The third kappa shape index (κ3) is 4.42. The summed E-state index contributed by atoms with van der Waals surface area (Å²) in [7, 11) is 0. The summed E-state index contributed by atoms with van der Waals surface area (Å²) in [6, 6.07) is 3.54. The van der Waals surface area contributed by atoms with Crippen LogP contribution in [-0.4, -0.2) is 55.9 Å². The van der Waals surface area contributed by atoms with Gasteiger partial charge in [-0.3, -0.25) is 4.90 Å². The van der Waals surface area contributed by atoms with E-state index in [1.54, 1.807) is 0 Å². The maximum Gasteiger partial charge on any atom is 0.314 e. The van der Waals surface area contributed by atoms with Crippen molar-refractivity contribution in [2.45, 2.75) is 31.4 Å². The van der Waals surface area contributed by atoms with Crippen LogP contribution in [0.3, 0.4) is 0 Å². The van der Waals surface area contributed by atoms with Gasteiger partial charge in [0, 0.05) is 25.7 Å². The highest BCUT2D eigenvalue weighted by atomic mass is 19.1. The minimum Gasteiger partial charge on any atom is -0.373 e. The van der Waals surface area contributed by atoms with Crippen LogP contribution >= 0.6 is 0 Å². The average Bonchev–Trinajstić information content (AvgIpc) is 3.04. The summed E-state index contributed by atoms with van der Waals surface area (Å²) < 4.78 is 32.3. The maximum absolute atomic E-state index is 13.5. The molecule has 2 fully saturated rings. The van der Waals surface area contributed by atoms with Crippen molar-refractivity contribution in [2.24, 2.45) is 0 Å². The van der Waals surface area contributed by atoms with Gasteiger partial charge in [0.25, 0.3) is 0 Å². The third-order valence-electron chi connectivity index (χ3n) is 4.64. The number of rotatable bonds is 5. The van der Waals surface area contributed by atoms with E-state index in [0.29, 0.717) is 12.6 Å². The number of fused-ring (bicyclic) bond motifs is 1. The van der Waals surface area contributed by atoms with Crippen molar-refractivity contribution < 1.29 is 18.3 Å². The van der Waals surface area contributed by atoms with Crippen LogP contribution in [0.4, 0.5) is 13.6 Å². The Morgan fingerprint density at radius 1 is 1.33 bits per heavy atom. The first-order valence-corrected chi connectivity index (χ1v) is 8.43. The molecule has 2 saturated heterocycles. The molecule has 0 aliphatic carbocycles. The zero-order chi connectivity index (χ0) is 16.9. The molecule has 1 aromatic carbocycles. The lowest BCUT2D eigenvalue weighted by atomic mass is 10.1. The molecule has 0 bridgehead atoms. The lowest BCUT2D eigenvalue weighted by Crippen LogP contribution is -2.51. The monoisotopic (exact) mass is 339 g/mol. The number of amides is 2. The fourth-order valence-electron chi connectivity index (χ4n) is 3.32. The van der Waals surface area contributed by atoms with Crippen LogP contribution in [0.5, 0.6) is 0 Å². The smallest absolute Gasteiger partial charge is 0.314 e. The Balaban J connectivity index is 1.35. The third-order valence-corrected chi connectivity index (χ3v) is 4.64. The SMILES string of the molecule is O=C(NCCc1cc(F)ccc1F)NC[C@H]1CN2CCC[C@@H]2CO1. The van der Waals surface area contributed by atoms with E-state index in [4.69, 9.17) is 4.74 Å². The van der Waals surface area contributed by atoms with Crippen LogP contribution in [0.15, 0.2) is 18.2 Å². The van der Waals surface area contributed by atoms with Gasteiger partial charge in [-0.2, -0.15) is 0 Å². The number of benzene rings is 1. The molecule has 0 aromatic heterocycles. The lowest BCUT2D eigenvalue weighted by molar-refractivity contribution is -0.0457. The van der Waals surface area contributed by atoms with Crippen LogP contribution in [0, 0.1) is 11.6 Å². The van der Waals surface area contributed by atoms with Gasteiger partial charge >= 0.3 is 6.03 Å². The molecule has 2 N–H and O–H groups in total. The quantitative estimate of drug-likeness (QED) is 0.858. The second kappa shape index (κ2) is 7.90. The number of carbonyl (C=O) groups excluding carboxylic acids is 1. The van der Waals surface area contributed by atoms with Crippen molar-refractivity contribution in [1.82, 2.24) is 15.5 Å². The summed E-state index contributed by atoms with van der Waals surface area (Å²) in [4.78, 5) is 14.2. The molecular formula is C17H23F2N3O2. The molecule has 2 atom stereocenters. The van der Waals surface area contributed by atoms with Gasteiger partial charge in [0.1, 0.15) is 11.6 Å². The van der Waals surface area contributed by atoms with Crippen molar-refractivity contribution in [3.63, 3.8) is 0 Å². The van der Waals surface area contributed by atoms with Gasteiger partial charge in [-0.05, 0) is 49.6 Å². The van der Waals surface area contributed by atoms with E-state index in [9.17, 15) is 13.6 Å². The van der Waals surface area contributed by atoms with Crippen LogP contribution in [-0.2, 0) is 11.2 Å². The van der Waals surface area contributed by atoms with Gasteiger partial charge in [0.2, 0.25) is 0 Å². The van der Waals surface area contributed by atoms with Crippen LogP contribution in [0.2, 0.25) is 0 Å². The molecule has 2 aliphatic heterocycles. The Morgan fingerprint density at radius 2 is 2.21 bits per heavy atom. The molecule has 2 amide bonds. The number of hydrogen-bond acceptors (Lipinski definition) is 3. The number of carbonyl (C=O) groups is 1. The Morgan fingerprint density at radius 3 is 3.08 bits per heavy atom. The first-order valence-electron chi connectivity index (χ1n) is 8.43. The average molecular weight is 339 g/mol. The van der Waals surface area contributed by atoms with Gasteiger partial charge in [-0.1, -0.05) is 0 Å². The molecule has 0 saturated carbocycles. The van der Waals surface area contributed by atoms with E-state index in [1.165, 1.54) is 12.8 Å². The molecule has 2 heterocycles. The molecule has 5 nitrogen and oxygen atoms in total. The molecule has 0 unspecified atom stereocenters. The summed E-state index contributed by atoms with van der Waals surface area (Å²) >= 11 is 0. The van der Waals surface area contributed by atoms with E-state index >= 15 is 0 Å². The first kappa shape index (κ1) is 17.1. The zero-order valence-electron chi connectivity index (χ0n) is 13.6. The Labute approximate surface area is 140 Å². The van der Waals surface area contributed by atoms with E-state index < -0.39 is 11.6 Å². The summed E-state index contributed by atoms with van der Waals surface area (Å²) in [5.74, 6) is -0.945. The number of nitrogens with one attached hydrogen (secondary N) is 2. The number of halogens is 2. The number of ether oxygens (including phenoxy) is 1. The number of nitrogens with zero attached hydrogens (tertiary/aromatic N) is 1. The number of hydrogen-bond donors (Lipinski definition) is 2. The minimum atomic E-state index is -0.481. The van der Waals surface area contributed by atoms with Gasteiger partial charge in [-0.15, -0.1) is 0 Å². The predicted molar refractivity (Wildman–Crippen MR) is 85.8 cm³/mol. The molecule has 2 aliphatic rings. The molecule has 3 rings (SSSR count). The Kier molecular flexibility index (Phi) is 5.63. The molecule has 0 spiro atoms. The Bertz CT molecular complexity index is 585. The summed E-state index contributed by atoms with van der Waals surface area (Å²) in [6.45, 7) is 3.37. The Hall–Kier alpha value is -1.73. The maximum atomic E-state index is 13.5. The van der Waals surface area contributed by atoms with Crippen LogP contribution in [0.1, 0.15) is 18.4 Å². The first-order chi connectivity index (χ1) is 11.6. The van der Waals surface area contributed by atoms with E-state index in [1.807, 2.05) is 0 Å². The summed E-state index contributed by atoms with van der Waals surface area (Å²) in [6.07, 6.45) is 2.65. The van der Waals surface area contributed by atoms with E-state index in [0.717, 1.165) is 37.9 Å². The molecule has 7 heteroatoms. The molecule has 132 valence electrons. The van der Waals surface area contributed by atoms with Gasteiger partial charge in [0.15, 0.2) is 0 Å². The second-order valence-electron chi connectivity index (χ2n) is 6.37. The molecule has 1 aromatic rings. The largest absolute Gasteiger partial charge is 0.373 e. The predicted octanol–water partition coefficient (Wildman–Crippen LogP) is 1.67. The van der Waals surface area contributed by atoms with Crippen molar-refractivity contribution in [2.75, 3.05) is 32.8 Å². The molecule has 0 radical (unpaired) electrons. The van der Waals surface area contributed by atoms with Crippen LogP contribution in [0.25, 0.3) is 0 Å². The fourth-order valence-corrected chi connectivity index (χ4v) is 3.32. The standard InChI is InChI=1S/C17H23F2N3O2/c18-13-3-4-16(19)12(8-13)5-6-20-17(23)21-9-15-10-22-7-1-2-14(22)11-24-15/h3-4,8,14-15H,1-2,5-7,9-11H2,(H2,20,21,23)/t14-,15+/m1/s1. The highest BCUT2D eigenvalue weighted by Crippen LogP contribution is 2.22. The molecular weight excluding hydrogens is 316 g/mol. The van der Waals surface area contributed by atoms with Crippen molar-refractivity contribution >= 4 is 6.03 Å². The van der Waals surface area contributed by atoms with Gasteiger partial charge in [0.05, 0.1) is 12.7 Å². The zero-order valence-corrected chi connectivity index (χ0v) is 13.6. The summed E-state index contributed by atoms with van der Waals surface area (Å²) in [5.41, 5.74) is 0.256. The highest BCUT2D eigenvalue weighted by Gasteiger charge is 2.32. The van der Waals surface area contributed by atoms with Crippen molar-refractivity contribution in [3.05, 3.63) is 35.4 Å². The highest BCUT2D eigenvalue weighted by molar-refractivity contribution is 5.73. The normalized spacial score (nSPS) is 23.8. The van der Waals surface area contributed by atoms with Gasteiger partial charge in [-0.25, -0.2) is 13.6 Å². The topological polar surface area (TPSA) is 53.6 Å².